The van der Waals surface area contributed by atoms with Crippen LogP contribution < -0.4 is 5.32 Å². The summed E-state index contributed by atoms with van der Waals surface area (Å²) in [6.07, 6.45) is 4.73. The fourth-order valence-electron chi connectivity index (χ4n) is 2.68. The number of carbonyl (C=O) groups excluding carboxylic acids is 1. The molecule has 5 heteroatoms. The van der Waals surface area contributed by atoms with E-state index in [4.69, 9.17) is 0 Å². The normalized spacial score (nSPS) is 10.8. The van der Waals surface area contributed by atoms with Crippen molar-refractivity contribution in [1.29, 1.82) is 0 Å². The molecule has 0 spiro atoms. The molecule has 2 heterocycles. The SMILES string of the molecule is Cc1nc2ccccc2n1CCNC(=O)CCc1cccnc1. The van der Waals surface area contributed by atoms with Crippen LogP contribution in [0.2, 0.25) is 0 Å². The van der Waals surface area contributed by atoms with Crippen LogP contribution in [-0.4, -0.2) is 27.0 Å². The molecule has 1 amide bonds. The minimum absolute atomic E-state index is 0.0657. The van der Waals surface area contributed by atoms with E-state index in [1.807, 2.05) is 37.3 Å². The first-order valence-electron chi connectivity index (χ1n) is 7.81. The number of hydrogen-bond acceptors (Lipinski definition) is 3. The highest BCUT2D eigenvalue weighted by Gasteiger charge is 2.07. The highest BCUT2D eigenvalue weighted by Crippen LogP contribution is 2.14. The number of fused-ring (bicyclic) bond motifs is 1. The first-order valence-corrected chi connectivity index (χ1v) is 7.81. The summed E-state index contributed by atoms with van der Waals surface area (Å²) in [5, 5.41) is 2.98. The van der Waals surface area contributed by atoms with Crippen LogP contribution in [-0.2, 0) is 17.8 Å². The molecule has 3 rings (SSSR count). The van der Waals surface area contributed by atoms with Gasteiger partial charge in [-0.2, -0.15) is 0 Å². The molecule has 0 atom stereocenters. The van der Waals surface area contributed by atoms with Crippen LogP contribution in [0, 0.1) is 6.92 Å². The summed E-state index contributed by atoms with van der Waals surface area (Å²) in [5.74, 6) is 1.03. The molecule has 5 nitrogen and oxygen atoms in total. The summed E-state index contributed by atoms with van der Waals surface area (Å²) < 4.78 is 2.14. The smallest absolute Gasteiger partial charge is 0.220 e. The number of hydrogen-bond donors (Lipinski definition) is 1. The topological polar surface area (TPSA) is 59.8 Å². The molecule has 0 aliphatic rings. The predicted molar refractivity (Wildman–Crippen MR) is 90.0 cm³/mol. The van der Waals surface area contributed by atoms with Gasteiger partial charge in [-0.25, -0.2) is 4.98 Å². The molecule has 1 aromatic carbocycles. The van der Waals surface area contributed by atoms with Gasteiger partial charge in [0.1, 0.15) is 5.82 Å². The van der Waals surface area contributed by atoms with Crippen molar-refractivity contribution in [3.05, 3.63) is 60.2 Å². The quantitative estimate of drug-likeness (QED) is 0.761. The van der Waals surface area contributed by atoms with Gasteiger partial charge in [0.2, 0.25) is 5.91 Å². The average Bonchev–Trinajstić information content (AvgIpc) is 2.90. The number of imidazole rings is 1. The Labute approximate surface area is 135 Å². The van der Waals surface area contributed by atoms with Crippen LogP contribution in [0.15, 0.2) is 48.8 Å². The Morgan fingerprint density at radius 1 is 1.22 bits per heavy atom. The van der Waals surface area contributed by atoms with Crippen LogP contribution in [0.5, 0.6) is 0 Å². The second-order valence-corrected chi connectivity index (χ2v) is 5.51. The van der Waals surface area contributed by atoms with E-state index in [0.717, 1.165) is 29.0 Å². The van der Waals surface area contributed by atoms with Crippen LogP contribution in [0.4, 0.5) is 0 Å². The third-order valence-electron chi connectivity index (χ3n) is 3.87. The second-order valence-electron chi connectivity index (χ2n) is 5.51. The van der Waals surface area contributed by atoms with Crippen LogP contribution in [0.3, 0.4) is 0 Å². The van der Waals surface area contributed by atoms with E-state index in [1.54, 1.807) is 12.4 Å². The summed E-state index contributed by atoms with van der Waals surface area (Å²) in [5.41, 5.74) is 3.18. The molecular formula is C18H20N4O. The summed E-state index contributed by atoms with van der Waals surface area (Å²) in [6, 6.07) is 11.9. The molecule has 0 saturated carbocycles. The number of para-hydroxylation sites is 2. The zero-order valence-electron chi connectivity index (χ0n) is 13.2. The van der Waals surface area contributed by atoms with Crippen LogP contribution >= 0.6 is 0 Å². The minimum Gasteiger partial charge on any atom is -0.354 e. The number of amides is 1. The van der Waals surface area contributed by atoms with Crippen molar-refractivity contribution >= 4 is 16.9 Å². The zero-order chi connectivity index (χ0) is 16.1. The van der Waals surface area contributed by atoms with Crippen LogP contribution in [0.25, 0.3) is 11.0 Å². The predicted octanol–water partition coefficient (Wildman–Crippen LogP) is 2.49. The second kappa shape index (κ2) is 7.05. The van der Waals surface area contributed by atoms with Gasteiger partial charge in [-0.15, -0.1) is 0 Å². The lowest BCUT2D eigenvalue weighted by Crippen LogP contribution is -2.27. The number of pyridine rings is 1. The van der Waals surface area contributed by atoms with Gasteiger partial charge in [0.05, 0.1) is 11.0 Å². The molecule has 118 valence electrons. The van der Waals surface area contributed by atoms with Crippen molar-refractivity contribution in [3.8, 4) is 0 Å². The Bertz CT molecular complexity index is 795. The first kappa shape index (κ1) is 15.2. The van der Waals surface area contributed by atoms with E-state index < -0.39 is 0 Å². The van der Waals surface area contributed by atoms with Crippen molar-refractivity contribution < 1.29 is 4.79 Å². The number of nitrogens with one attached hydrogen (secondary N) is 1. The summed E-state index contributed by atoms with van der Waals surface area (Å²) >= 11 is 0. The number of aromatic nitrogens is 3. The van der Waals surface area contributed by atoms with Crippen molar-refractivity contribution in [3.63, 3.8) is 0 Å². The zero-order valence-corrected chi connectivity index (χ0v) is 13.2. The average molecular weight is 308 g/mol. The molecule has 0 fully saturated rings. The maximum atomic E-state index is 11.9. The van der Waals surface area contributed by atoms with E-state index in [-0.39, 0.29) is 5.91 Å². The molecule has 0 saturated heterocycles. The van der Waals surface area contributed by atoms with E-state index in [9.17, 15) is 4.79 Å². The summed E-state index contributed by atoms with van der Waals surface area (Å²) in [6.45, 7) is 3.32. The third-order valence-corrected chi connectivity index (χ3v) is 3.87. The van der Waals surface area contributed by atoms with Gasteiger partial charge in [0, 0.05) is 31.9 Å². The maximum absolute atomic E-state index is 11.9. The minimum atomic E-state index is 0.0657. The molecule has 0 aliphatic heterocycles. The third kappa shape index (κ3) is 3.74. The van der Waals surface area contributed by atoms with Crippen molar-refractivity contribution in [2.24, 2.45) is 0 Å². The summed E-state index contributed by atoms with van der Waals surface area (Å²) in [4.78, 5) is 20.5. The Morgan fingerprint density at radius 3 is 2.91 bits per heavy atom. The largest absolute Gasteiger partial charge is 0.354 e. The van der Waals surface area contributed by atoms with E-state index in [0.29, 0.717) is 19.4 Å². The lowest BCUT2D eigenvalue weighted by molar-refractivity contribution is -0.121. The molecule has 2 aromatic heterocycles. The first-order chi connectivity index (χ1) is 11.2. The van der Waals surface area contributed by atoms with Gasteiger partial charge in [-0.3, -0.25) is 9.78 Å². The molecular weight excluding hydrogens is 288 g/mol. The maximum Gasteiger partial charge on any atom is 0.220 e. The van der Waals surface area contributed by atoms with E-state index in [2.05, 4.69) is 25.9 Å². The fourth-order valence-corrected chi connectivity index (χ4v) is 2.68. The van der Waals surface area contributed by atoms with Gasteiger partial charge in [-0.05, 0) is 37.1 Å². The number of benzene rings is 1. The van der Waals surface area contributed by atoms with E-state index in [1.165, 1.54) is 0 Å². The molecule has 0 radical (unpaired) electrons. The Hall–Kier alpha value is -2.69. The molecule has 23 heavy (non-hydrogen) atoms. The molecule has 1 N–H and O–H groups in total. The molecule has 3 aromatic rings. The number of carbonyl (C=O) groups is 1. The van der Waals surface area contributed by atoms with Gasteiger partial charge < -0.3 is 9.88 Å². The van der Waals surface area contributed by atoms with Gasteiger partial charge in [-0.1, -0.05) is 18.2 Å². The number of rotatable bonds is 6. The Kier molecular flexibility index (Phi) is 4.66. The van der Waals surface area contributed by atoms with Gasteiger partial charge in [0.25, 0.3) is 0 Å². The standard InChI is InChI=1S/C18H20N4O/c1-14-21-16-6-2-3-7-17(16)22(14)12-11-20-18(23)9-8-15-5-4-10-19-13-15/h2-7,10,13H,8-9,11-12H2,1H3,(H,20,23). The lowest BCUT2D eigenvalue weighted by atomic mass is 10.1. The Balaban J connectivity index is 1.50. The molecule has 0 unspecified atom stereocenters. The number of nitrogens with zero attached hydrogens (tertiary/aromatic N) is 3. The molecule has 0 aliphatic carbocycles. The van der Waals surface area contributed by atoms with Crippen LogP contribution in [0.1, 0.15) is 17.8 Å². The van der Waals surface area contributed by atoms with Gasteiger partial charge in [0.15, 0.2) is 0 Å². The highest BCUT2D eigenvalue weighted by molar-refractivity contribution is 5.77. The fraction of sp³-hybridized carbons (Fsp3) is 0.278. The monoisotopic (exact) mass is 308 g/mol. The highest BCUT2D eigenvalue weighted by atomic mass is 16.1. The van der Waals surface area contributed by atoms with Crippen molar-refractivity contribution in [1.82, 2.24) is 19.9 Å². The lowest BCUT2D eigenvalue weighted by Gasteiger charge is -2.08. The van der Waals surface area contributed by atoms with Gasteiger partial charge >= 0.3 is 0 Å². The van der Waals surface area contributed by atoms with Crippen molar-refractivity contribution in [2.75, 3.05) is 6.54 Å². The van der Waals surface area contributed by atoms with Crippen molar-refractivity contribution in [2.45, 2.75) is 26.3 Å². The van der Waals surface area contributed by atoms with E-state index >= 15 is 0 Å². The number of aryl methyl sites for hydroxylation is 2. The molecule has 0 bridgehead atoms. The summed E-state index contributed by atoms with van der Waals surface area (Å²) in [7, 11) is 0. The Morgan fingerprint density at radius 2 is 2.09 bits per heavy atom.